The van der Waals surface area contributed by atoms with Crippen molar-refractivity contribution >= 4 is 0 Å². The van der Waals surface area contributed by atoms with E-state index in [0.717, 1.165) is 37.1 Å². The van der Waals surface area contributed by atoms with Gasteiger partial charge in [0.1, 0.15) is 17.7 Å². The summed E-state index contributed by atoms with van der Waals surface area (Å²) in [5.41, 5.74) is 1.24. The van der Waals surface area contributed by atoms with Crippen LogP contribution in [-0.4, -0.2) is 19.7 Å². The summed E-state index contributed by atoms with van der Waals surface area (Å²) >= 11 is 0. The van der Waals surface area contributed by atoms with Gasteiger partial charge in [-0.15, -0.1) is 0 Å². The second-order valence-electron chi connectivity index (χ2n) is 5.59. The Hall–Kier alpha value is -1.09. The van der Waals surface area contributed by atoms with E-state index in [1.165, 1.54) is 6.07 Å². The molecule has 0 radical (unpaired) electrons. The number of benzene rings is 1. The highest BCUT2D eigenvalue weighted by molar-refractivity contribution is 5.37. The summed E-state index contributed by atoms with van der Waals surface area (Å²) in [5.74, 6) is 0.677. The Bertz CT molecular complexity index is 421. The van der Waals surface area contributed by atoms with Gasteiger partial charge >= 0.3 is 0 Å². The fourth-order valence-corrected chi connectivity index (χ4v) is 2.72. The minimum atomic E-state index is -0.175. The van der Waals surface area contributed by atoms with Gasteiger partial charge in [0.2, 0.25) is 0 Å². The molecule has 2 atom stereocenters. The van der Waals surface area contributed by atoms with Crippen molar-refractivity contribution in [2.75, 3.05) is 13.6 Å². The molecular weight excluding hydrogens is 229 g/mol. The van der Waals surface area contributed by atoms with Crippen LogP contribution in [0.15, 0.2) is 18.2 Å². The van der Waals surface area contributed by atoms with Crippen LogP contribution in [0.3, 0.4) is 0 Å². The smallest absolute Gasteiger partial charge is 0.123 e. The van der Waals surface area contributed by atoms with Crippen LogP contribution < -0.4 is 10.1 Å². The summed E-state index contributed by atoms with van der Waals surface area (Å²) in [7, 11) is 1.98. The van der Waals surface area contributed by atoms with Gasteiger partial charge in [-0.1, -0.05) is 13.8 Å². The zero-order chi connectivity index (χ0) is 13.2. The molecule has 0 saturated heterocycles. The van der Waals surface area contributed by atoms with Crippen LogP contribution in [0.25, 0.3) is 0 Å². The number of halogens is 1. The first-order valence-corrected chi connectivity index (χ1v) is 6.66. The molecule has 2 rings (SSSR count). The molecule has 1 aliphatic heterocycles. The third kappa shape index (κ3) is 2.83. The lowest BCUT2D eigenvalue weighted by atomic mass is 9.81. The molecule has 18 heavy (non-hydrogen) atoms. The van der Waals surface area contributed by atoms with Gasteiger partial charge in [-0.3, -0.25) is 0 Å². The first kappa shape index (κ1) is 13.3. The monoisotopic (exact) mass is 251 g/mol. The second-order valence-corrected chi connectivity index (χ2v) is 5.59. The fourth-order valence-electron chi connectivity index (χ4n) is 2.72. The third-order valence-electron chi connectivity index (χ3n) is 3.94. The number of hydrogen-bond donors (Lipinski definition) is 1. The molecule has 2 unspecified atom stereocenters. The lowest BCUT2D eigenvalue weighted by Crippen LogP contribution is -2.34. The van der Waals surface area contributed by atoms with Gasteiger partial charge in [-0.25, -0.2) is 4.39 Å². The van der Waals surface area contributed by atoms with Crippen molar-refractivity contribution in [2.24, 2.45) is 5.41 Å². The summed E-state index contributed by atoms with van der Waals surface area (Å²) in [4.78, 5) is 0. The first-order chi connectivity index (χ1) is 8.56. The van der Waals surface area contributed by atoms with E-state index in [0.29, 0.717) is 0 Å². The van der Waals surface area contributed by atoms with Crippen molar-refractivity contribution in [3.8, 4) is 5.75 Å². The number of fused-ring (bicyclic) bond motifs is 1. The Morgan fingerprint density at radius 3 is 2.94 bits per heavy atom. The predicted molar refractivity (Wildman–Crippen MR) is 71.5 cm³/mol. The molecule has 1 heterocycles. The number of rotatable bonds is 5. The molecule has 0 bridgehead atoms. The molecule has 3 heteroatoms. The second kappa shape index (κ2) is 5.27. The lowest BCUT2D eigenvalue weighted by Gasteiger charge is -2.30. The maximum atomic E-state index is 13.1. The summed E-state index contributed by atoms with van der Waals surface area (Å²) in [5, 5.41) is 3.25. The van der Waals surface area contributed by atoms with E-state index in [1.807, 2.05) is 7.05 Å². The number of hydrogen-bond acceptors (Lipinski definition) is 2. The Labute approximate surface area is 109 Å². The van der Waals surface area contributed by atoms with E-state index in [1.54, 1.807) is 12.1 Å². The molecule has 0 spiro atoms. The van der Waals surface area contributed by atoms with E-state index in [2.05, 4.69) is 19.2 Å². The average Bonchev–Trinajstić information content (AvgIpc) is 2.70. The highest BCUT2D eigenvalue weighted by atomic mass is 19.1. The van der Waals surface area contributed by atoms with Crippen molar-refractivity contribution in [3.63, 3.8) is 0 Å². The predicted octanol–water partition coefficient (Wildman–Crippen LogP) is 3.16. The molecule has 0 saturated carbocycles. The molecule has 0 amide bonds. The van der Waals surface area contributed by atoms with E-state index < -0.39 is 0 Å². The molecule has 100 valence electrons. The van der Waals surface area contributed by atoms with Crippen molar-refractivity contribution in [1.82, 2.24) is 5.32 Å². The SMILES string of the molecule is CCC(C)(CNC)CC1Cc2cc(F)ccc2O1. The average molecular weight is 251 g/mol. The molecular formula is C15H22FNO. The van der Waals surface area contributed by atoms with Crippen LogP contribution in [-0.2, 0) is 6.42 Å². The lowest BCUT2D eigenvalue weighted by molar-refractivity contribution is 0.141. The molecule has 0 aromatic heterocycles. The van der Waals surface area contributed by atoms with E-state index >= 15 is 0 Å². The van der Waals surface area contributed by atoms with Crippen molar-refractivity contribution < 1.29 is 9.13 Å². The highest BCUT2D eigenvalue weighted by Gasteiger charge is 2.31. The molecule has 0 aliphatic carbocycles. The normalized spacial score (nSPS) is 21.2. The fraction of sp³-hybridized carbons (Fsp3) is 0.600. The Morgan fingerprint density at radius 2 is 2.28 bits per heavy atom. The first-order valence-electron chi connectivity index (χ1n) is 6.66. The standard InChI is InChI=1S/C15H22FNO/c1-4-15(2,10-17-3)9-13-8-11-7-12(16)5-6-14(11)18-13/h5-7,13,17H,4,8-10H2,1-3H3. The topological polar surface area (TPSA) is 21.3 Å². The third-order valence-corrected chi connectivity index (χ3v) is 3.94. The van der Waals surface area contributed by atoms with Gasteiger partial charge < -0.3 is 10.1 Å². The van der Waals surface area contributed by atoms with Crippen LogP contribution in [0.1, 0.15) is 32.3 Å². The van der Waals surface area contributed by atoms with Crippen LogP contribution >= 0.6 is 0 Å². The maximum Gasteiger partial charge on any atom is 0.123 e. The Morgan fingerprint density at radius 1 is 1.50 bits per heavy atom. The summed E-state index contributed by atoms with van der Waals surface area (Å²) in [6, 6.07) is 4.80. The minimum Gasteiger partial charge on any atom is -0.490 e. The van der Waals surface area contributed by atoms with E-state index in [-0.39, 0.29) is 17.3 Å². The number of ether oxygens (including phenoxy) is 1. The maximum absolute atomic E-state index is 13.1. The van der Waals surface area contributed by atoms with Crippen molar-refractivity contribution in [2.45, 2.75) is 39.2 Å². The number of nitrogens with one attached hydrogen (secondary N) is 1. The summed E-state index contributed by atoms with van der Waals surface area (Å²) in [6.45, 7) is 5.46. The van der Waals surface area contributed by atoms with Gasteiger partial charge in [0.25, 0.3) is 0 Å². The highest BCUT2D eigenvalue weighted by Crippen LogP contribution is 2.36. The van der Waals surface area contributed by atoms with Crippen LogP contribution in [0.4, 0.5) is 4.39 Å². The zero-order valence-electron chi connectivity index (χ0n) is 11.4. The quantitative estimate of drug-likeness (QED) is 0.868. The Kier molecular flexibility index (Phi) is 3.91. The van der Waals surface area contributed by atoms with Gasteiger partial charge in [-0.05, 0) is 43.5 Å². The molecule has 0 fully saturated rings. The van der Waals surface area contributed by atoms with Crippen LogP contribution in [0, 0.1) is 11.2 Å². The zero-order valence-corrected chi connectivity index (χ0v) is 11.4. The largest absolute Gasteiger partial charge is 0.490 e. The molecule has 1 aromatic carbocycles. The van der Waals surface area contributed by atoms with Crippen LogP contribution in [0.5, 0.6) is 5.75 Å². The van der Waals surface area contributed by atoms with Crippen molar-refractivity contribution in [1.29, 1.82) is 0 Å². The molecule has 1 aromatic rings. The van der Waals surface area contributed by atoms with Gasteiger partial charge in [0.05, 0.1) is 0 Å². The summed E-state index contributed by atoms with van der Waals surface area (Å²) < 4.78 is 19.1. The van der Waals surface area contributed by atoms with E-state index in [9.17, 15) is 4.39 Å². The van der Waals surface area contributed by atoms with Gasteiger partial charge in [0.15, 0.2) is 0 Å². The van der Waals surface area contributed by atoms with Gasteiger partial charge in [-0.2, -0.15) is 0 Å². The molecule has 1 N–H and O–H groups in total. The van der Waals surface area contributed by atoms with Gasteiger partial charge in [0, 0.05) is 18.5 Å². The Balaban J connectivity index is 2.02. The summed E-state index contributed by atoms with van der Waals surface area (Å²) in [6.07, 6.45) is 3.12. The minimum absolute atomic E-state index is 0.175. The van der Waals surface area contributed by atoms with Crippen LogP contribution in [0.2, 0.25) is 0 Å². The van der Waals surface area contributed by atoms with Crippen molar-refractivity contribution in [3.05, 3.63) is 29.6 Å². The molecule has 1 aliphatic rings. The molecule has 2 nitrogen and oxygen atoms in total. The van der Waals surface area contributed by atoms with E-state index in [4.69, 9.17) is 4.74 Å².